The van der Waals surface area contributed by atoms with Crippen LogP contribution >= 0.6 is 15.9 Å². The van der Waals surface area contributed by atoms with Crippen LogP contribution in [0.4, 0.5) is 0 Å². The topological polar surface area (TPSA) is 26.3 Å². The van der Waals surface area contributed by atoms with Gasteiger partial charge in [-0.15, -0.1) is 6.58 Å². The van der Waals surface area contributed by atoms with Gasteiger partial charge in [-0.2, -0.15) is 0 Å². The Morgan fingerprint density at radius 2 is 1.81 bits per heavy atom. The number of carbonyl (C=O) groups is 1. The SMILES string of the molecule is C=CC(Br)C(OC(C(C)=O)C(C)C)C(=C)C. The van der Waals surface area contributed by atoms with Crippen molar-refractivity contribution in [2.75, 3.05) is 0 Å². The summed E-state index contributed by atoms with van der Waals surface area (Å²) < 4.78 is 5.82. The first kappa shape index (κ1) is 15.6. The molecule has 3 unspecified atom stereocenters. The molecule has 0 amide bonds. The molecule has 92 valence electrons. The average Bonchev–Trinajstić information content (AvgIpc) is 2.15. The molecule has 0 aliphatic carbocycles. The fourth-order valence-electron chi connectivity index (χ4n) is 1.47. The van der Waals surface area contributed by atoms with Crippen molar-refractivity contribution in [1.29, 1.82) is 0 Å². The van der Waals surface area contributed by atoms with Crippen LogP contribution in [0.15, 0.2) is 24.8 Å². The van der Waals surface area contributed by atoms with E-state index in [1.807, 2.05) is 20.8 Å². The number of alkyl halides is 1. The van der Waals surface area contributed by atoms with E-state index in [2.05, 4.69) is 29.1 Å². The van der Waals surface area contributed by atoms with Gasteiger partial charge in [0, 0.05) is 0 Å². The molecule has 3 heteroatoms. The van der Waals surface area contributed by atoms with Gasteiger partial charge in [0.15, 0.2) is 5.78 Å². The average molecular weight is 289 g/mol. The van der Waals surface area contributed by atoms with Crippen LogP contribution in [-0.4, -0.2) is 22.8 Å². The Morgan fingerprint density at radius 3 is 2.06 bits per heavy atom. The molecule has 0 bridgehead atoms. The van der Waals surface area contributed by atoms with E-state index >= 15 is 0 Å². The molecule has 0 aliphatic heterocycles. The second kappa shape index (κ2) is 7.02. The second-order valence-corrected chi connectivity index (χ2v) is 5.42. The standard InChI is InChI=1S/C13H21BrO2/c1-7-11(14)13(9(4)5)16-12(8(2)3)10(6)15/h7-8,11-13H,1,4H2,2-3,5-6H3. The highest BCUT2D eigenvalue weighted by molar-refractivity contribution is 9.09. The quantitative estimate of drug-likeness (QED) is 0.529. The lowest BCUT2D eigenvalue weighted by Gasteiger charge is -2.28. The number of ether oxygens (including phenoxy) is 1. The normalized spacial score (nSPS) is 16.6. The molecule has 0 heterocycles. The van der Waals surface area contributed by atoms with Crippen molar-refractivity contribution in [3.05, 3.63) is 24.8 Å². The molecule has 2 nitrogen and oxygen atoms in total. The minimum absolute atomic E-state index is 0.0226. The summed E-state index contributed by atoms with van der Waals surface area (Å²) in [7, 11) is 0. The zero-order valence-electron chi connectivity index (χ0n) is 10.5. The summed E-state index contributed by atoms with van der Waals surface area (Å²) in [5.74, 6) is 0.203. The third-order valence-electron chi connectivity index (χ3n) is 2.30. The Labute approximate surface area is 107 Å². The zero-order valence-corrected chi connectivity index (χ0v) is 12.1. The van der Waals surface area contributed by atoms with Crippen LogP contribution in [0.3, 0.4) is 0 Å². The largest absolute Gasteiger partial charge is 0.361 e. The van der Waals surface area contributed by atoms with E-state index in [-0.39, 0.29) is 28.7 Å². The van der Waals surface area contributed by atoms with E-state index < -0.39 is 0 Å². The van der Waals surface area contributed by atoms with Crippen LogP contribution < -0.4 is 0 Å². The lowest BCUT2D eigenvalue weighted by atomic mass is 10.0. The maximum absolute atomic E-state index is 11.5. The van der Waals surface area contributed by atoms with Gasteiger partial charge in [-0.05, 0) is 19.8 Å². The maximum Gasteiger partial charge on any atom is 0.158 e. The van der Waals surface area contributed by atoms with E-state index in [1.165, 1.54) is 0 Å². The van der Waals surface area contributed by atoms with E-state index in [9.17, 15) is 4.79 Å². The molecule has 0 rings (SSSR count). The van der Waals surface area contributed by atoms with Crippen molar-refractivity contribution in [2.24, 2.45) is 5.92 Å². The molecule has 0 aromatic heterocycles. The molecule has 0 aromatic rings. The molecule has 0 radical (unpaired) electrons. The van der Waals surface area contributed by atoms with Crippen LogP contribution in [0.1, 0.15) is 27.7 Å². The monoisotopic (exact) mass is 288 g/mol. The summed E-state index contributed by atoms with van der Waals surface area (Å²) in [6.07, 6.45) is 1.15. The summed E-state index contributed by atoms with van der Waals surface area (Å²) in [6, 6.07) is 0. The molecule has 16 heavy (non-hydrogen) atoms. The Balaban J connectivity index is 4.78. The van der Waals surface area contributed by atoms with Crippen molar-refractivity contribution < 1.29 is 9.53 Å². The molecule has 0 fully saturated rings. The Morgan fingerprint density at radius 1 is 1.31 bits per heavy atom. The van der Waals surface area contributed by atoms with Gasteiger partial charge in [-0.1, -0.05) is 48.0 Å². The van der Waals surface area contributed by atoms with Gasteiger partial charge in [-0.3, -0.25) is 4.79 Å². The van der Waals surface area contributed by atoms with Crippen LogP contribution in [0.2, 0.25) is 0 Å². The summed E-state index contributed by atoms with van der Waals surface area (Å²) in [4.78, 5) is 11.4. The lowest BCUT2D eigenvalue weighted by Crippen LogP contribution is -2.36. The molecule has 0 aliphatic rings. The van der Waals surface area contributed by atoms with Gasteiger partial charge in [0.05, 0.1) is 10.9 Å². The first-order valence-corrected chi connectivity index (χ1v) is 6.30. The summed E-state index contributed by atoms with van der Waals surface area (Å²) in [5, 5.41) is 0. The van der Waals surface area contributed by atoms with Crippen LogP contribution in [0, 0.1) is 5.92 Å². The highest BCUT2D eigenvalue weighted by Gasteiger charge is 2.27. The smallest absolute Gasteiger partial charge is 0.158 e. The lowest BCUT2D eigenvalue weighted by molar-refractivity contribution is -0.133. The molecule has 0 spiro atoms. The van der Waals surface area contributed by atoms with Gasteiger partial charge >= 0.3 is 0 Å². The van der Waals surface area contributed by atoms with Gasteiger partial charge in [0.1, 0.15) is 6.10 Å². The molecule has 0 aromatic carbocycles. The first-order chi connectivity index (χ1) is 7.31. The number of hydrogen-bond acceptors (Lipinski definition) is 2. The number of halogens is 1. The van der Waals surface area contributed by atoms with Crippen molar-refractivity contribution >= 4 is 21.7 Å². The summed E-state index contributed by atoms with van der Waals surface area (Å²) in [6.45, 7) is 15.0. The zero-order chi connectivity index (χ0) is 12.9. The van der Waals surface area contributed by atoms with Gasteiger partial charge in [0.25, 0.3) is 0 Å². The fraction of sp³-hybridized carbons (Fsp3) is 0.615. The Bertz CT molecular complexity index is 271. The molecule has 0 N–H and O–H groups in total. The third kappa shape index (κ3) is 4.62. The van der Waals surface area contributed by atoms with Crippen molar-refractivity contribution in [3.63, 3.8) is 0 Å². The summed E-state index contributed by atoms with van der Waals surface area (Å²) >= 11 is 3.46. The predicted octanol–water partition coefficient (Wildman–Crippen LogP) is 3.51. The molecule has 0 saturated heterocycles. The minimum Gasteiger partial charge on any atom is -0.361 e. The maximum atomic E-state index is 11.5. The van der Waals surface area contributed by atoms with Crippen molar-refractivity contribution in [3.8, 4) is 0 Å². The van der Waals surface area contributed by atoms with Crippen molar-refractivity contribution in [1.82, 2.24) is 0 Å². The second-order valence-electron chi connectivity index (χ2n) is 4.36. The molecular weight excluding hydrogens is 268 g/mol. The Hall–Kier alpha value is -0.410. The van der Waals surface area contributed by atoms with Gasteiger partial charge in [0.2, 0.25) is 0 Å². The minimum atomic E-state index is -0.387. The van der Waals surface area contributed by atoms with Crippen molar-refractivity contribution in [2.45, 2.75) is 44.7 Å². The molecular formula is C13H21BrO2. The number of rotatable bonds is 7. The first-order valence-electron chi connectivity index (χ1n) is 5.39. The predicted molar refractivity (Wildman–Crippen MR) is 71.9 cm³/mol. The number of Topliss-reactive ketones (excluding diaryl/α,β-unsaturated/α-hetero) is 1. The Kier molecular flexibility index (Phi) is 6.84. The van der Waals surface area contributed by atoms with E-state index in [0.29, 0.717) is 0 Å². The fourth-order valence-corrected chi connectivity index (χ4v) is 2.04. The number of carbonyl (C=O) groups excluding carboxylic acids is 1. The van der Waals surface area contributed by atoms with Crippen LogP contribution in [-0.2, 0) is 9.53 Å². The number of ketones is 1. The highest BCUT2D eigenvalue weighted by Crippen LogP contribution is 2.21. The van der Waals surface area contributed by atoms with Crippen LogP contribution in [0.5, 0.6) is 0 Å². The van der Waals surface area contributed by atoms with Gasteiger partial charge in [-0.25, -0.2) is 0 Å². The van der Waals surface area contributed by atoms with Gasteiger partial charge < -0.3 is 4.74 Å². The van der Waals surface area contributed by atoms with Crippen LogP contribution in [0.25, 0.3) is 0 Å². The van der Waals surface area contributed by atoms with E-state index in [1.54, 1.807) is 13.0 Å². The molecule has 3 atom stereocenters. The van der Waals surface area contributed by atoms with E-state index in [4.69, 9.17) is 4.74 Å². The van der Waals surface area contributed by atoms with E-state index in [0.717, 1.165) is 5.57 Å². The summed E-state index contributed by atoms with van der Waals surface area (Å²) in [5.41, 5.74) is 0.883. The molecule has 0 saturated carbocycles. The highest BCUT2D eigenvalue weighted by atomic mass is 79.9. The third-order valence-corrected chi connectivity index (χ3v) is 3.15. The number of hydrogen-bond donors (Lipinski definition) is 0.